The van der Waals surface area contributed by atoms with Gasteiger partial charge in [0.25, 0.3) is 0 Å². The van der Waals surface area contributed by atoms with Gasteiger partial charge in [0.1, 0.15) is 6.26 Å². The van der Waals surface area contributed by atoms with Gasteiger partial charge in [0, 0.05) is 23.8 Å². The van der Waals surface area contributed by atoms with Crippen molar-refractivity contribution in [1.82, 2.24) is 0 Å². The smallest absolute Gasteiger partial charge is 0.308 e. The van der Waals surface area contributed by atoms with Crippen LogP contribution in [0.4, 0.5) is 0 Å². The van der Waals surface area contributed by atoms with Crippen LogP contribution in [0.15, 0.2) is 23.1 Å². The second-order valence-electron chi connectivity index (χ2n) is 5.65. The zero-order valence-electron chi connectivity index (χ0n) is 15.2. The van der Waals surface area contributed by atoms with E-state index in [9.17, 15) is 9.35 Å². The van der Waals surface area contributed by atoms with Crippen molar-refractivity contribution in [3.8, 4) is 23.0 Å². The molecule has 0 N–H and O–H groups in total. The van der Waals surface area contributed by atoms with Crippen LogP contribution >= 0.6 is 0 Å². The highest BCUT2D eigenvalue weighted by Crippen LogP contribution is 2.51. The predicted octanol–water partition coefficient (Wildman–Crippen LogP) is 3.31. The summed E-state index contributed by atoms with van der Waals surface area (Å²) in [5, 5.41) is 1.24. The minimum atomic E-state index is -1.17. The van der Waals surface area contributed by atoms with Crippen LogP contribution in [0.1, 0.15) is 20.8 Å². The molecule has 0 aromatic heterocycles. The van der Waals surface area contributed by atoms with Crippen LogP contribution in [-0.2, 0) is 16.0 Å². The molecule has 2 rings (SSSR count). The summed E-state index contributed by atoms with van der Waals surface area (Å²) in [5.41, 5.74) is 0. The molecule has 0 amide bonds. The molecule has 0 fully saturated rings. The minimum Gasteiger partial charge on any atom is -0.612 e. The van der Waals surface area contributed by atoms with E-state index < -0.39 is 17.1 Å². The van der Waals surface area contributed by atoms with Crippen LogP contribution in [0.25, 0.3) is 10.8 Å². The summed E-state index contributed by atoms with van der Waals surface area (Å²) >= 11 is -1.17. The third kappa shape index (κ3) is 3.93. The van der Waals surface area contributed by atoms with Gasteiger partial charge in [0.15, 0.2) is 16.4 Å². The van der Waals surface area contributed by atoms with Crippen LogP contribution < -0.4 is 18.9 Å². The molecular weight excluding hydrogens is 344 g/mol. The lowest BCUT2D eigenvalue weighted by molar-refractivity contribution is -0.131. The highest BCUT2D eigenvalue weighted by Gasteiger charge is 2.26. The number of benzene rings is 2. The number of ether oxygens (including phenoxy) is 4. The summed E-state index contributed by atoms with van der Waals surface area (Å²) < 4.78 is 34.1. The van der Waals surface area contributed by atoms with E-state index in [4.69, 9.17) is 18.9 Å². The largest absolute Gasteiger partial charge is 0.612 e. The third-order valence-electron chi connectivity index (χ3n) is 3.44. The van der Waals surface area contributed by atoms with E-state index in [1.54, 1.807) is 24.5 Å². The van der Waals surface area contributed by atoms with Gasteiger partial charge in [0.05, 0.1) is 20.3 Å². The molecule has 0 saturated carbocycles. The van der Waals surface area contributed by atoms with Crippen LogP contribution in [0.5, 0.6) is 23.0 Å². The van der Waals surface area contributed by atoms with Gasteiger partial charge in [-0.1, -0.05) is 0 Å². The highest BCUT2D eigenvalue weighted by molar-refractivity contribution is 7.90. The van der Waals surface area contributed by atoms with Crippen LogP contribution in [0, 0.1) is 0 Å². The van der Waals surface area contributed by atoms with Crippen molar-refractivity contribution >= 4 is 27.9 Å². The molecule has 7 heteroatoms. The van der Waals surface area contributed by atoms with Crippen LogP contribution in [0.3, 0.4) is 0 Å². The van der Waals surface area contributed by atoms with Crippen molar-refractivity contribution in [1.29, 1.82) is 0 Å². The van der Waals surface area contributed by atoms with Gasteiger partial charge in [0.2, 0.25) is 11.5 Å². The van der Waals surface area contributed by atoms with Crippen molar-refractivity contribution in [3.05, 3.63) is 18.2 Å². The lowest BCUT2D eigenvalue weighted by Crippen LogP contribution is -2.10. The maximum absolute atomic E-state index is 11.9. The zero-order valence-corrected chi connectivity index (χ0v) is 16.0. The Hall–Kier alpha value is -2.12. The van der Waals surface area contributed by atoms with Gasteiger partial charge in [-0.05, 0) is 37.2 Å². The van der Waals surface area contributed by atoms with Crippen molar-refractivity contribution in [2.45, 2.75) is 31.8 Å². The standard InChI is InChI=1S/C18H22O6S/c1-10(2)23-16-14-9-12(25(6)20)7-8-13(14)15(24-11(3)19)17(21-4)18(16)22-5/h7-10H,1-6H3. The Labute approximate surface area is 150 Å². The first-order chi connectivity index (χ1) is 11.8. The Morgan fingerprint density at radius 2 is 1.64 bits per heavy atom. The molecule has 0 aliphatic carbocycles. The molecule has 0 heterocycles. The number of esters is 1. The number of hydrogen-bond acceptors (Lipinski definition) is 6. The fourth-order valence-electron chi connectivity index (χ4n) is 2.51. The molecule has 25 heavy (non-hydrogen) atoms. The molecule has 0 aliphatic rings. The average molecular weight is 366 g/mol. The molecule has 0 aliphatic heterocycles. The number of fused-ring (bicyclic) bond motifs is 1. The number of rotatable bonds is 6. The van der Waals surface area contributed by atoms with E-state index in [1.807, 2.05) is 13.8 Å². The maximum atomic E-state index is 11.9. The second kappa shape index (κ2) is 7.84. The van der Waals surface area contributed by atoms with Gasteiger partial charge in [-0.15, -0.1) is 0 Å². The summed E-state index contributed by atoms with van der Waals surface area (Å²) in [4.78, 5) is 12.2. The molecule has 0 bridgehead atoms. The van der Waals surface area contributed by atoms with E-state index in [1.165, 1.54) is 21.1 Å². The Kier molecular flexibility index (Phi) is 6.02. The molecule has 1 atom stereocenters. The summed E-state index contributed by atoms with van der Waals surface area (Å²) in [6.07, 6.45) is 1.47. The molecule has 2 aromatic carbocycles. The first kappa shape index (κ1) is 19.2. The number of hydrogen-bond donors (Lipinski definition) is 0. The maximum Gasteiger partial charge on any atom is 0.308 e. The fraction of sp³-hybridized carbons (Fsp3) is 0.389. The van der Waals surface area contributed by atoms with E-state index in [0.29, 0.717) is 27.2 Å². The highest BCUT2D eigenvalue weighted by atomic mass is 32.2. The predicted molar refractivity (Wildman–Crippen MR) is 96.5 cm³/mol. The van der Waals surface area contributed by atoms with Gasteiger partial charge in [-0.2, -0.15) is 0 Å². The lowest BCUT2D eigenvalue weighted by Gasteiger charge is -2.21. The van der Waals surface area contributed by atoms with Crippen molar-refractivity contribution < 1.29 is 28.3 Å². The normalized spacial score (nSPS) is 12.2. The quantitative estimate of drug-likeness (QED) is 0.443. The zero-order chi connectivity index (χ0) is 18.7. The van der Waals surface area contributed by atoms with Gasteiger partial charge >= 0.3 is 5.97 Å². The topological polar surface area (TPSA) is 77.1 Å². The second-order valence-corrected chi connectivity index (χ2v) is 7.03. The molecule has 136 valence electrons. The summed E-state index contributed by atoms with van der Waals surface area (Å²) in [5.74, 6) is 0.798. The number of carbonyl (C=O) groups excluding carboxylic acids is 1. The average Bonchev–Trinajstić information content (AvgIpc) is 2.54. The van der Waals surface area contributed by atoms with E-state index in [2.05, 4.69) is 0 Å². The Balaban J connectivity index is 2.93. The molecule has 2 aromatic rings. The fourth-order valence-corrected chi connectivity index (χ4v) is 3.05. The molecule has 0 radical (unpaired) electrons. The van der Waals surface area contributed by atoms with Crippen molar-refractivity contribution in [3.63, 3.8) is 0 Å². The van der Waals surface area contributed by atoms with Gasteiger partial charge < -0.3 is 23.5 Å². The number of methoxy groups -OCH3 is 2. The Bertz CT molecular complexity index is 785. The monoisotopic (exact) mass is 366 g/mol. The van der Waals surface area contributed by atoms with Gasteiger partial charge in [-0.3, -0.25) is 4.79 Å². The summed E-state index contributed by atoms with van der Waals surface area (Å²) in [6, 6.07) is 5.20. The molecule has 0 spiro atoms. The van der Waals surface area contributed by atoms with Crippen LogP contribution in [-0.4, -0.2) is 37.1 Å². The molecule has 1 unspecified atom stereocenters. The summed E-state index contributed by atoms with van der Waals surface area (Å²) in [6.45, 7) is 5.09. The summed E-state index contributed by atoms with van der Waals surface area (Å²) in [7, 11) is 2.95. The first-order valence-corrected chi connectivity index (χ1v) is 9.26. The Morgan fingerprint density at radius 1 is 1.04 bits per heavy atom. The molecular formula is C18H22O6S. The third-order valence-corrected chi connectivity index (χ3v) is 4.36. The lowest BCUT2D eigenvalue weighted by atomic mass is 10.1. The van der Waals surface area contributed by atoms with E-state index in [0.717, 1.165) is 0 Å². The van der Waals surface area contributed by atoms with Crippen molar-refractivity contribution in [2.24, 2.45) is 0 Å². The SMILES string of the molecule is COc1c(OC)c(OC(C)C)c2cc([S+](C)[O-])ccc2c1OC(C)=O. The molecule has 6 nitrogen and oxygen atoms in total. The van der Waals surface area contributed by atoms with Crippen LogP contribution in [0.2, 0.25) is 0 Å². The number of carbonyl (C=O) groups is 1. The first-order valence-electron chi connectivity index (χ1n) is 7.70. The minimum absolute atomic E-state index is 0.128. The van der Waals surface area contributed by atoms with E-state index >= 15 is 0 Å². The van der Waals surface area contributed by atoms with Gasteiger partial charge in [-0.25, -0.2) is 0 Å². The van der Waals surface area contributed by atoms with Crippen molar-refractivity contribution in [2.75, 3.05) is 20.5 Å². The molecule has 0 saturated heterocycles. The Morgan fingerprint density at radius 3 is 2.12 bits per heavy atom. The van der Waals surface area contributed by atoms with E-state index in [-0.39, 0.29) is 17.6 Å².